The van der Waals surface area contributed by atoms with Gasteiger partial charge in [-0.05, 0) is 12.2 Å². The SMILES string of the molecule is O=C(ON1C=CC=CN1)C(F)(F)F. The molecule has 7 heteroatoms. The molecule has 0 fully saturated rings. The van der Waals surface area contributed by atoms with Gasteiger partial charge in [-0.3, -0.25) is 5.43 Å². The van der Waals surface area contributed by atoms with E-state index in [0.29, 0.717) is 5.17 Å². The monoisotopic (exact) mass is 194 g/mol. The second-order valence-electron chi connectivity index (χ2n) is 2.03. The second-order valence-corrected chi connectivity index (χ2v) is 2.03. The van der Waals surface area contributed by atoms with Crippen LogP contribution in [0.1, 0.15) is 0 Å². The van der Waals surface area contributed by atoms with E-state index in [9.17, 15) is 18.0 Å². The van der Waals surface area contributed by atoms with Crippen molar-refractivity contribution in [3.05, 3.63) is 24.6 Å². The average Bonchev–Trinajstić information content (AvgIpc) is 2.04. The van der Waals surface area contributed by atoms with Crippen LogP contribution in [0.25, 0.3) is 0 Å². The molecular weight excluding hydrogens is 189 g/mol. The Balaban J connectivity index is 2.46. The molecular formula is C6H5F3N2O2. The first-order valence-corrected chi connectivity index (χ1v) is 3.18. The molecule has 1 heterocycles. The number of rotatable bonds is 1. The highest BCUT2D eigenvalue weighted by Crippen LogP contribution is 2.17. The molecule has 0 unspecified atom stereocenters. The molecule has 1 aliphatic heterocycles. The number of carbonyl (C=O) groups excluding carboxylic acids is 1. The summed E-state index contributed by atoms with van der Waals surface area (Å²) in [7, 11) is 0. The Labute approximate surface area is 71.2 Å². The molecule has 0 spiro atoms. The number of carbonyl (C=O) groups is 1. The Morgan fingerprint density at radius 1 is 1.38 bits per heavy atom. The lowest BCUT2D eigenvalue weighted by Crippen LogP contribution is -2.38. The lowest BCUT2D eigenvalue weighted by atomic mass is 10.5. The van der Waals surface area contributed by atoms with Crippen molar-refractivity contribution in [2.45, 2.75) is 6.18 Å². The highest BCUT2D eigenvalue weighted by molar-refractivity contribution is 5.75. The van der Waals surface area contributed by atoms with E-state index in [2.05, 4.69) is 10.3 Å². The van der Waals surface area contributed by atoms with Gasteiger partial charge in [-0.15, -0.1) is 5.17 Å². The fourth-order valence-corrected chi connectivity index (χ4v) is 0.541. The van der Waals surface area contributed by atoms with Crippen LogP contribution in [-0.2, 0) is 9.63 Å². The molecule has 0 aliphatic carbocycles. The molecule has 72 valence electrons. The Morgan fingerprint density at radius 2 is 2.08 bits per heavy atom. The van der Waals surface area contributed by atoms with E-state index in [0.717, 1.165) is 6.20 Å². The van der Waals surface area contributed by atoms with Gasteiger partial charge in [-0.1, -0.05) is 0 Å². The number of hydrogen-bond donors (Lipinski definition) is 1. The number of halogens is 3. The smallest absolute Gasteiger partial charge is 0.312 e. The third-order valence-corrected chi connectivity index (χ3v) is 1.04. The minimum absolute atomic E-state index is 0.551. The summed E-state index contributed by atoms with van der Waals surface area (Å²) in [6, 6.07) is 0. The molecule has 0 aromatic carbocycles. The zero-order chi connectivity index (χ0) is 9.90. The highest BCUT2D eigenvalue weighted by Gasteiger charge is 2.42. The summed E-state index contributed by atoms with van der Waals surface area (Å²) in [6.45, 7) is 0. The number of allylic oxidation sites excluding steroid dienone is 2. The Hall–Kier alpha value is -1.66. The first-order valence-electron chi connectivity index (χ1n) is 3.18. The van der Waals surface area contributed by atoms with Crippen molar-refractivity contribution in [2.24, 2.45) is 0 Å². The van der Waals surface area contributed by atoms with Gasteiger partial charge in [0.25, 0.3) is 0 Å². The van der Waals surface area contributed by atoms with Crippen LogP contribution in [0.15, 0.2) is 24.6 Å². The van der Waals surface area contributed by atoms with Crippen molar-refractivity contribution in [3.63, 3.8) is 0 Å². The molecule has 0 bridgehead atoms. The predicted molar refractivity (Wildman–Crippen MR) is 35.4 cm³/mol. The normalized spacial score (nSPS) is 15.5. The first kappa shape index (κ1) is 9.43. The summed E-state index contributed by atoms with van der Waals surface area (Å²) in [4.78, 5) is 14.1. The van der Waals surface area contributed by atoms with E-state index in [1.54, 1.807) is 0 Å². The van der Waals surface area contributed by atoms with Gasteiger partial charge in [-0.25, -0.2) is 4.79 Å². The number of nitrogens with zero attached hydrogens (tertiary/aromatic N) is 1. The van der Waals surface area contributed by atoms with E-state index in [1.807, 2.05) is 0 Å². The first-order chi connectivity index (χ1) is 6.00. The summed E-state index contributed by atoms with van der Waals surface area (Å²) in [6.07, 6.45) is 0.377. The molecule has 0 atom stereocenters. The standard InChI is InChI=1S/C6H5F3N2O2/c7-6(8,9)5(12)13-11-4-2-1-3-10-11/h1-4,10H. The summed E-state index contributed by atoms with van der Waals surface area (Å²) < 4.78 is 34.9. The zero-order valence-electron chi connectivity index (χ0n) is 6.21. The largest absolute Gasteiger partial charge is 0.493 e. The average molecular weight is 194 g/mol. The van der Waals surface area contributed by atoms with E-state index >= 15 is 0 Å². The molecule has 0 radical (unpaired) electrons. The minimum atomic E-state index is -4.99. The van der Waals surface area contributed by atoms with Crippen molar-refractivity contribution in [1.29, 1.82) is 0 Å². The van der Waals surface area contributed by atoms with Gasteiger partial charge in [0.15, 0.2) is 0 Å². The van der Waals surface area contributed by atoms with Gasteiger partial charge in [0.2, 0.25) is 0 Å². The van der Waals surface area contributed by atoms with Crippen molar-refractivity contribution in [3.8, 4) is 0 Å². The van der Waals surface area contributed by atoms with Crippen molar-refractivity contribution < 1.29 is 22.8 Å². The van der Waals surface area contributed by atoms with Crippen LogP contribution in [0.3, 0.4) is 0 Å². The summed E-state index contributed by atoms with van der Waals surface area (Å²) in [5.41, 5.74) is 2.24. The quantitative estimate of drug-likeness (QED) is 0.672. The van der Waals surface area contributed by atoms with Gasteiger partial charge in [0.05, 0.1) is 6.20 Å². The lowest BCUT2D eigenvalue weighted by molar-refractivity contribution is -0.236. The zero-order valence-corrected chi connectivity index (χ0v) is 6.21. The molecule has 4 nitrogen and oxygen atoms in total. The molecule has 1 aliphatic rings. The van der Waals surface area contributed by atoms with Crippen LogP contribution in [-0.4, -0.2) is 17.3 Å². The molecule has 0 saturated heterocycles. The molecule has 0 aromatic heterocycles. The van der Waals surface area contributed by atoms with Gasteiger partial charge < -0.3 is 4.84 Å². The van der Waals surface area contributed by atoms with Crippen molar-refractivity contribution >= 4 is 5.97 Å². The van der Waals surface area contributed by atoms with Crippen LogP contribution >= 0.6 is 0 Å². The molecule has 1 N–H and O–H groups in total. The number of hydrazine groups is 1. The number of nitrogens with one attached hydrogen (secondary N) is 1. The van der Waals surface area contributed by atoms with Gasteiger partial charge in [0.1, 0.15) is 0 Å². The maximum absolute atomic E-state index is 11.6. The summed E-state index contributed by atoms with van der Waals surface area (Å²) in [5, 5.41) is 0.551. The van der Waals surface area contributed by atoms with Crippen LogP contribution in [0, 0.1) is 0 Å². The fraction of sp³-hybridized carbons (Fsp3) is 0.167. The summed E-state index contributed by atoms with van der Waals surface area (Å²) in [5.74, 6) is -2.28. The highest BCUT2D eigenvalue weighted by atomic mass is 19.4. The topological polar surface area (TPSA) is 41.6 Å². The van der Waals surface area contributed by atoms with E-state index < -0.39 is 12.1 Å². The molecule has 13 heavy (non-hydrogen) atoms. The van der Waals surface area contributed by atoms with E-state index in [1.165, 1.54) is 18.4 Å². The van der Waals surface area contributed by atoms with Gasteiger partial charge >= 0.3 is 12.1 Å². The van der Waals surface area contributed by atoms with Crippen LogP contribution in [0.2, 0.25) is 0 Å². The number of hydrogen-bond acceptors (Lipinski definition) is 4. The second kappa shape index (κ2) is 3.38. The van der Waals surface area contributed by atoms with Crippen molar-refractivity contribution in [2.75, 3.05) is 0 Å². The van der Waals surface area contributed by atoms with E-state index in [-0.39, 0.29) is 0 Å². The Morgan fingerprint density at radius 3 is 2.54 bits per heavy atom. The lowest BCUT2D eigenvalue weighted by Gasteiger charge is -2.20. The summed E-state index contributed by atoms with van der Waals surface area (Å²) >= 11 is 0. The van der Waals surface area contributed by atoms with Crippen LogP contribution in [0.5, 0.6) is 0 Å². The number of alkyl halides is 3. The third-order valence-electron chi connectivity index (χ3n) is 1.04. The van der Waals surface area contributed by atoms with Crippen LogP contribution < -0.4 is 5.43 Å². The molecule has 0 amide bonds. The Kier molecular flexibility index (Phi) is 2.45. The maximum atomic E-state index is 11.6. The maximum Gasteiger partial charge on any atom is 0.493 e. The minimum Gasteiger partial charge on any atom is -0.312 e. The van der Waals surface area contributed by atoms with Gasteiger partial charge in [0, 0.05) is 6.20 Å². The van der Waals surface area contributed by atoms with Crippen LogP contribution in [0.4, 0.5) is 13.2 Å². The number of hydroxylamine groups is 1. The predicted octanol–water partition coefficient (Wildman–Crippen LogP) is 0.855. The fourth-order valence-electron chi connectivity index (χ4n) is 0.541. The molecule has 0 saturated carbocycles. The third kappa shape index (κ3) is 2.69. The van der Waals surface area contributed by atoms with Gasteiger partial charge in [-0.2, -0.15) is 13.2 Å². The molecule has 1 rings (SSSR count). The van der Waals surface area contributed by atoms with E-state index in [4.69, 9.17) is 0 Å². The van der Waals surface area contributed by atoms with Crippen molar-refractivity contribution in [1.82, 2.24) is 10.6 Å². The Bertz CT molecular complexity index is 259. The molecule has 0 aromatic rings.